The van der Waals surface area contributed by atoms with Gasteiger partial charge in [0.25, 0.3) is 5.91 Å². The maximum absolute atomic E-state index is 12.4. The van der Waals surface area contributed by atoms with E-state index in [9.17, 15) is 14.4 Å². The second kappa shape index (κ2) is 8.78. The Labute approximate surface area is 147 Å². The highest BCUT2D eigenvalue weighted by atomic mass is 16.2. The number of hydrogen-bond acceptors (Lipinski definition) is 3. The Hall–Kier alpha value is -2.95. The SMILES string of the molecule is CCC(=O)Nc1ccccc1C(=O)NCCc1cccc(C(C)=O)c1. The zero-order valence-corrected chi connectivity index (χ0v) is 14.5. The molecule has 2 aromatic rings. The van der Waals surface area contributed by atoms with E-state index in [0.717, 1.165) is 5.56 Å². The van der Waals surface area contributed by atoms with Gasteiger partial charge in [0.05, 0.1) is 11.3 Å². The van der Waals surface area contributed by atoms with Crippen LogP contribution in [0.4, 0.5) is 5.69 Å². The van der Waals surface area contributed by atoms with E-state index in [2.05, 4.69) is 10.6 Å². The van der Waals surface area contributed by atoms with Gasteiger partial charge in [-0.3, -0.25) is 14.4 Å². The highest BCUT2D eigenvalue weighted by molar-refractivity contribution is 6.03. The zero-order valence-electron chi connectivity index (χ0n) is 14.5. The minimum absolute atomic E-state index is 0.0199. The molecule has 0 saturated heterocycles. The summed E-state index contributed by atoms with van der Waals surface area (Å²) in [6.07, 6.45) is 0.971. The van der Waals surface area contributed by atoms with Crippen molar-refractivity contribution in [3.63, 3.8) is 0 Å². The van der Waals surface area contributed by atoms with Gasteiger partial charge in [-0.05, 0) is 37.1 Å². The highest BCUT2D eigenvalue weighted by Gasteiger charge is 2.12. The summed E-state index contributed by atoms with van der Waals surface area (Å²) in [5.74, 6) is -0.359. The second-order valence-corrected chi connectivity index (χ2v) is 5.71. The topological polar surface area (TPSA) is 75.3 Å². The Morgan fingerprint density at radius 1 is 1.00 bits per heavy atom. The number of rotatable bonds is 7. The van der Waals surface area contributed by atoms with Gasteiger partial charge in [-0.1, -0.05) is 37.3 Å². The van der Waals surface area contributed by atoms with Crippen LogP contribution in [0, 0.1) is 0 Å². The molecule has 0 unspecified atom stereocenters. The van der Waals surface area contributed by atoms with Crippen LogP contribution >= 0.6 is 0 Å². The number of para-hydroxylation sites is 1. The number of nitrogens with one attached hydrogen (secondary N) is 2. The standard InChI is InChI=1S/C20H22N2O3/c1-3-19(24)22-18-10-5-4-9-17(18)20(25)21-12-11-15-7-6-8-16(13-15)14(2)23/h4-10,13H,3,11-12H2,1-2H3,(H,21,25)(H,22,24). The minimum atomic E-state index is -0.241. The lowest BCUT2D eigenvalue weighted by Crippen LogP contribution is -2.27. The number of hydrogen-bond donors (Lipinski definition) is 2. The van der Waals surface area contributed by atoms with Gasteiger partial charge in [0, 0.05) is 18.5 Å². The normalized spacial score (nSPS) is 10.2. The quantitative estimate of drug-likeness (QED) is 0.761. The first-order valence-corrected chi connectivity index (χ1v) is 8.28. The monoisotopic (exact) mass is 338 g/mol. The first kappa shape index (κ1) is 18.4. The molecule has 2 aromatic carbocycles. The van der Waals surface area contributed by atoms with Crippen molar-refractivity contribution in [1.82, 2.24) is 5.32 Å². The van der Waals surface area contributed by atoms with Crippen molar-refractivity contribution in [3.05, 3.63) is 65.2 Å². The largest absolute Gasteiger partial charge is 0.352 e. The minimum Gasteiger partial charge on any atom is -0.352 e. The van der Waals surface area contributed by atoms with Crippen molar-refractivity contribution in [1.29, 1.82) is 0 Å². The van der Waals surface area contributed by atoms with E-state index < -0.39 is 0 Å². The summed E-state index contributed by atoms with van der Waals surface area (Å²) >= 11 is 0. The molecule has 130 valence electrons. The lowest BCUT2D eigenvalue weighted by atomic mass is 10.1. The van der Waals surface area contributed by atoms with Crippen molar-refractivity contribution in [2.75, 3.05) is 11.9 Å². The Kier molecular flexibility index (Phi) is 6.46. The lowest BCUT2D eigenvalue weighted by molar-refractivity contribution is -0.115. The summed E-state index contributed by atoms with van der Waals surface area (Å²) in [4.78, 5) is 35.4. The van der Waals surface area contributed by atoms with E-state index in [1.807, 2.05) is 18.2 Å². The number of Topliss-reactive ketones (excluding diaryl/α,β-unsaturated/α-hetero) is 1. The summed E-state index contributed by atoms with van der Waals surface area (Å²) in [6.45, 7) is 3.73. The third-order valence-electron chi connectivity index (χ3n) is 3.80. The molecule has 5 nitrogen and oxygen atoms in total. The molecule has 0 saturated carbocycles. The summed E-state index contributed by atoms with van der Waals surface area (Å²) in [5.41, 5.74) is 2.59. The summed E-state index contributed by atoms with van der Waals surface area (Å²) < 4.78 is 0. The van der Waals surface area contributed by atoms with Gasteiger partial charge in [-0.2, -0.15) is 0 Å². The summed E-state index contributed by atoms with van der Waals surface area (Å²) in [6, 6.07) is 14.3. The van der Waals surface area contributed by atoms with Gasteiger partial charge in [0.2, 0.25) is 5.91 Å². The van der Waals surface area contributed by atoms with Crippen LogP contribution in [-0.2, 0) is 11.2 Å². The average Bonchev–Trinajstić information content (AvgIpc) is 2.62. The summed E-state index contributed by atoms with van der Waals surface area (Å²) in [7, 11) is 0. The van der Waals surface area contributed by atoms with E-state index in [4.69, 9.17) is 0 Å². The molecule has 25 heavy (non-hydrogen) atoms. The average molecular weight is 338 g/mol. The highest BCUT2D eigenvalue weighted by Crippen LogP contribution is 2.15. The van der Waals surface area contributed by atoms with Crippen LogP contribution in [-0.4, -0.2) is 24.1 Å². The maximum Gasteiger partial charge on any atom is 0.253 e. The number of carbonyl (C=O) groups excluding carboxylic acids is 3. The maximum atomic E-state index is 12.4. The van der Waals surface area contributed by atoms with Crippen LogP contribution in [0.1, 0.15) is 46.5 Å². The molecule has 0 bridgehead atoms. The molecular formula is C20H22N2O3. The fourth-order valence-corrected chi connectivity index (χ4v) is 2.39. The van der Waals surface area contributed by atoms with Crippen molar-refractivity contribution in [3.8, 4) is 0 Å². The molecule has 5 heteroatoms. The van der Waals surface area contributed by atoms with Gasteiger partial charge >= 0.3 is 0 Å². The fraction of sp³-hybridized carbons (Fsp3) is 0.250. The second-order valence-electron chi connectivity index (χ2n) is 5.71. The van der Waals surface area contributed by atoms with Gasteiger partial charge in [-0.15, -0.1) is 0 Å². The molecule has 0 heterocycles. The smallest absolute Gasteiger partial charge is 0.253 e. The molecule has 0 radical (unpaired) electrons. The van der Waals surface area contributed by atoms with Gasteiger partial charge in [0.1, 0.15) is 0 Å². The molecule has 0 fully saturated rings. The van der Waals surface area contributed by atoms with Crippen LogP contribution in [0.25, 0.3) is 0 Å². The van der Waals surface area contributed by atoms with Crippen molar-refractivity contribution in [2.24, 2.45) is 0 Å². The first-order valence-electron chi connectivity index (χ1n) is 8.28. The van der Waals surface area contributed by atoms with Crippen LogP contribution in [0.2, 0.25) is 0 Å². The molecule has 2 amide bonds. The van der Waals surface area contributed by atoms with Gasteiger partial charge in [0.15, 0.2) is 5.78 Å². The van der Waals surface area contributed by atoms with Gasteiger partial charge in [-0.25, -0.2) is 0 Å². The van der Waals surface area contributed by atoms with Crippen LogP contribution in [0.15, 0.2) is 48.5 Å². The number of ketones is 1. The third kappa shape index (κ3) is 5.28. The van der Waals surface area contributed by atoms with E-state index >= 15 is 0 Å². The Morgan fingerprint density at radius 3 is 2.48 bits per heavy atom. The number of anilines is 1. The molecule has 0 aliphatic carbocycles. The Balaban J connectivity index is 1.98. The fourth-order valence-electron chi connectivity index (χ4n) is 2.39. The van der Waals surface area contributed by atoms with Crippen LogP contribution < -0.4 is 10.6 Å². The molecular weight excluding hydrogens is 316 g/mol. The molecule has 0 aliphatic rings. The molecule has 0 aromatic heterocycles. The van der Waals surface area contributed by atoms with E-state index in [0.29, 0.717) is 36.2 Å². The van der Waals surface area contributed by atoms with Crippen molar-refractivity contribution < 1.29 is 14.4 Å². The predicted molar refractivity (Wildman–Crippen MR) is 97.8 cm³/mol. The first-order chi connectivity index (χ1) is 12.0. The molecule has 2 rings (SSSR count). The Bertz CT molecular complexity index is 784. The van der Waals surface area contributed by atoms with Crippen LogP contribution in [0.3, 0.4) is 0 Å². The van der Waals surface area contributed by atoms with Gasteiger partial charge < -0.3 is 10.6 Å². The van der Waals surface area contributed by atoms with E-state index in [-0.39, 0.29) is 17.6 Å². The molecule has 0 aliphatic heterocycles. The zero-order chi connectivity index (χ0) is 18.2. The van der Waals surface area contributed by atoms with E-state index in [1.165, 1.54) is 6.92 Å². The molecule has 0 atom stereocenters. The molecule has 2 N–H and O–H groups in total. The number of benzene rings is 2. The lowest BCUT2D eigenvalue weighted by Gasteiger charge is -2.11. The Morgan fingerprint density at radius 2 is 1.76 bits per heavy atom. The van der Waals surface area contributed by atoms with Crippen molar-refractivity contribution in [2.45, 2.75) is 26.7 Å². The molecule has 0 spiro atoms. The third-order valence-corrected chi connectivity index (χ3v) is 3.80. The van der Waals surface area contributed by atoms with E-state index in [1.54, 1.807) is 37.3 Å². The van der Waals surface area contributed by atoms with Crippen LogP contribution in [0.5, 0.6) is 0 Å². The number of carbonyl (C=O) groups is 3. The predicted octanol–water partition coefficient (Wildman–Crippen LogP) is 3.21. The number of amides is 2. The summed E-state index contributed by atoms with van der Waals surface area (Å²) in [5, 5.41) is 5.58. The van der Waals surface area contributed by atoms with Crippen molar-refractivity contribution >= 4 is 23.3 Å².